The summed E-state index contributed by atoms with van der Waals surface area (Å²) < 4.78 is 30.2. The minimum absolute atomic E-state index is 0.193. The van der Waals surface area contributed by atoms with Crippen molar-refractivity contribution in [3.8, 4) is 11.3 Å². The average molecular weight is 511 g/mol. The highest BCUT2D eigenvalue weighted by atomic mass is 35.5. The highest BCUT2D eigenvalue weighted by molar-refractivity contribution is 6.30. The van der Waals surface area contributed by atoms with E-state index in [0.29, 0.717) is 61.1 Å². The molecule has 2 aliphatic rings. The summed E-state index contributed by atoms with van der Waals surface area (Å²) in [5, 5.41) is 4.90. The van der Waals surface area contributed by atoms with E-state index in [1.54, 1.807) is 33.6 Å². The van der Waals surface area contributed by atoms with Crippen LogP contribution in [0.5, 0.6) is 0 Å². The first-order chi connectivity index (χ1) is 17.4. The lowest BCUT2D eigenvalue weighted by Crippen LogP contribution is -2.39. The van der Waals surface area contributed by atoms with Gasteiger partial charge in [0.2, 0.25) is 0 Å². The summed E-state index contributed by atoms with van der Waals surface area (Å²) >= 11 is 6.02. The quantitative estimate of drug-likeness (QED) is 0.415. The topological polar surface area (TPSA) is 87.3 Å². The van der Waals surface area contributed by atoms with E-state index in [1.807, 2.05) is 25.1 Å². The van der Waals surface area contributed by atoms with Gasteiger partial charge in [-0.1, -0.05) is 11.6 Å². The number of morpholine rings is 1. The van der Waals surface area contributed by atoms with E-state index < -0.39 is 5.82 Å². The number of halogens is 2. The minimum atomic E-state index is -0.535. The van der Waals surface area contributed by atoms with E-state index in [-0.39, 0.29) is 28.4 Å². The van der Waals surface area contributed by atoms with E-state index in [9.17, 15) is 4.79 Å². The third-order valence-corrected chi connectivity index (χ3v) is 6.91. The Bertz CT molecular complexity index is 1540. The predicted molar refractivity (Wildman–Crippen MR) is 133 cm³/mol. The Balaban J connectivity index is 1.53. The third kappa shape index (κ3) is 3.95. The summed E-state index contributed by atoms with van der Waals surface area (Å²) in [7, 11) is 1.86. The van der Waals surface area contributed by atoms with Crippen LogP contribution in [0.4, 0.5) is 10.2 Å². The number of benzene rings is 1. The van der Waals surface area contributed by atoms with Gasteiger partial charge in [0, 0.05) is 42.5 Å². The highest BCUT2D eigenvalue weighted by Gasteiger charge is 2.28. The van der Waals surface area contributed by atoms with Crippen LogP contribution in [0.3, 0.4) is 0 Å². The molecule has 5 heterocycles. The first-order valence-electron chi connectivity index (χ1n) is 11.8. The lowest BCUT2D eigenvalue weighted by molar-refractivity contribution is 0.0269. The molecule has 0 spiro atoms. The lowest BCUT2D eigenvalue weighted by atomic mass is 10.1. The zero-order valence-electron chi connectivity index (χ0n) is 19.8. The Morgan fingerprint density at radius 2 is 1.97 bits per heavy atom. The Labute approximate surface area is 211 Å². The fraction of sp³-hybridized carbons (Fsp3) is 0.360. The zero-order chi connectivity index (χ0) is 25.0. The Hall–Kier alpha value is -3.34. The van der Waals surface area contributed by atoms with Crippen molar-refractivity contribution in [3.63, 3.8) is 0 Å². The second-order valence-corrected chi connectivity index (χ2v) is 9.48. The smallest absolute Gasteiger partial charge is 0.261 e. The number of anilines is 1. The maximum atomic E-state index is 15.1. The molecule has 4 aromatic rings. The summed E-state index contributed by atoms with van der Waals surface area (Å²) in [6.07, 6.45) is 3.13. The van der Waals surface area contributed by atoms with Gasteiger partial charge >= 0.3 is 0 Å². The van der Waals surface area contributed by atoms with Crippen molar-refractivity contribution in [3.05, 3.63) is 69.2 Å². The SMILES string of the molecule is CC1OCCn2c1nc1c(-c3ccc(Cl)cc3F)nc(N3CCO[C@@H](c4cnn(C)c4)C3)cc1c2=O. The summed E-state index contributed by atoms with van der Waals surface area (Å²) in [6.45, 7) is 4.23. The van der Waals surface area contributed by atoms with Crippen LogP contribution < -0.4 is 10.5 Å². The summed E-state index contributed by atoms with van der Waals surface area (Å²) in [5.41, 5.74) is 1.62. The molecular weight excluding hydrogens is 487 g/mol. The van der Waals surface area contributed by atoms with Crippen molar-refractivity contribution in [1.29, 1.82) is 0 Å². The second kappa shape index (κ2) is 8.95. The monoisotopic (exact) mass is 510 g/mol. The van der Waals surface area contributed by atoms with E-state index in [1.165, 1.54) is 6.07 Å². The molecule has 6 rings (SSSR count). The number of aromatic nitrogens is 5. The van der Waals surface area contributed by atoms with E-state index in [0.717, 1.165) is 5.56 Å². The average Bonchev–Trinajstić information content (AvgIpc) is 3.31. The van der Waals surface area contributed by atoms with Crippen molar-refractivity contribution in [2.75, 3.05) is 31.2 Å². The van der Waals surface area contributed by atoms with E-state index in [2.05, 4.69) is 5.10 Å². The molecule has 9 nitrogen and oxygen atoms in total. The molecular formula is C25H24ClFN6O3. The predicted octanol–water partition coefficient (Wildman–Crippen LogP) is 3.65. The van der Waals surface area contributed by atoms with Gasteiger partial charge in [-0.05, 0) is 31.2 Å². The van der Waals surface area contributed by atoms with Crippen molar-refractivity contribution >= 4 is 28.3 Å². The van der Waals surface area contributed by atoms with Gasteiger partial charge < -0.3 is 14.4 Å². The highest BCUT2D eigenvalue weighted by Crippen LogP contribution is 2.34. The standard InChI is InChI=1S/C25H24ClFN6O3/c1-14-24-30-23-18(25(34)33(24)6-8-35-14)10-21(29-22(23)17-4-3-16(26)9-19(17)27)32-5-7-36-20(13-32)15-11-28-31(2)12-15/h3-4,9-12,14,20H,5-8,13H2,1-2H3/t14?,20-/m1/s1. The van der Waals surface area contributed by atoms with Crippen LogP contribution in [-0.4, -0.2) is 50.6 Å². The van der Waals surface area contributed by atoms with Crippen molar-refractivity contribution in [2.24, 2.45) is 7.05 Å². The summed E-state index contributed by atoms with van der Waals surface area (Å²) in [4.78, 5) is 25.3. The molecule has 3 aromatic heterocycles. The minimum Gasteiger partial charge on any atom is -0.370 e. The van der Waals surface area contributed by atoms with Gasteiger partial charge in [0.1, 0.15) is 40.9 Å². The van der Waals surface area contributed by atoms with Gasteiger partial charge in [0.15, 0.2) is 0 Å². The molecule has 36 heavy (non-hydrogen) atoms. The maximum Gasteiger partial charge on any atom is 0.261 e. The third-order valence-electron chi connectivity index (χ3n) is 6.68. The molecule has 1 saturated heterocycles. The van der Waals surface area contributed by atoms with Crippen molar-refractivity contribution < 1.29 is 13.9 Å². The molecule has 0 N–H and O–H groups in total. The molecule has 0 aliphatic carbocycles. The summed E-state index contributed by atoms with van der Waals surface area (Å²) in [6, 6.07) is 6.16. The molecule has 0 amide bonds. The maximum absolute atomic E-state index is 15.1. The molecule has 0 saturated carbocycles. The van der Waals surface area contributed by atoms with Gasteiger partial charge in [0.05, 0.1) is 31.3 Å². The molecule has 1 unspecified atom stereocenters. The molecule has 0 bridgehead atoms. The molecule has 1 fully saturated rings. The van der Waals surface area contributed by atoms with Gasteiger partial charge in [-0.3, -0.25) is 14.0 Å². The Morgan fingerprint density at radius 1 is 1.14 bits per heavy atom. The Morgan fingerprint density at radius 3 is 2.75 bits per heavy atom. The summed E-state index contributed by atoms with van der Waals surface area (Å²) in [5.74, 6) is 0.531. The van der Waals surface area contributed by atoms with Crippen molar-refractivity contribution in [2.45, 2.75) is 25.7 Å². The number of fused-ring (bicyclic) bond motifs is 2. The van der Waals surface area contributed by atoms with Crippen LogP contribution in [0, 0.1) is 5.82 Å². The van der Waals surface area contributed by atoms with Crippen LogP contribution in [-0.2, 0) is 23.1 Å². The number of pyridine rings is 1. The lowest BCUT2D eigenvalue weighted by Gasteiger charge is -2.34. The number of hydrogen-bond acceptors (Lipinski definition) is 7. The Kier molecular flexibility index (Phi) is 5.74. The van der Waals surface area contributed by atoms with Crippen molar-refractivity contribution in [1.82, 2.24) is 24.3 Å². The van der Waals surface area contributed by atoms with Gasteiger partial charge in [-0.25, -0.2) is 14.4 Å². The van der Waals surface area contributed by atoms with E-state index in [4.69, 9.17) is 31.0 Å². The molecule has 11 heteroatoms. The first kappa shape index (κ1) is 23.1. The molecule has 2 aliphatic heterocycles. The molecule has 186 valence electrons. The number of hydrogen-bond donors (Lipinski definition) is 0. The van der Waals surface area contributed by atoms with Crippen LogP contribution in [0.2, 0.25) is 5.02 Å². The van der Waals surface area contributed by atoms with Crippen LogP contribution >= 0.6 is 11.6 Å². The van der Waals surface area contributed by atoms with Crippen LogP contribution in [0.1, 0.15) is 30.5 Å². The number of ether oxygens (including phenoxy) is 2. The fourth-order valence-corrected chi connectivity index (χ4v) is 5.00. The van der Waals surface area contributed by atoms with Crippen LogP contribution in [0.15, 0.2) is 41.5 Å². The molecule has 1 aromatic carbocycles. The van der Waals surface area contributed by atoms with Gasteiger partial charge in [-0.2, -0.15) is 5.10 Å². The van der Waals surface area contributed by atoms with E-state index >= 15 is 4.39 Å². The normalized spacial score (nSPS) is 20.1. The van der Waals surface area contributed by atoms with Crippen LogP contribution in [0.25, 0.3) is 22.2 Å². The van der Waals surface area contributed by atoms with Gasteiger partial charge in [0.25, 0.3) is 5.56 Å². The number of aryl methyl sites for hydroxylation is 1. The fourth-order valence-electron chi connectivity index (χ4n) is 4.84. The number of nitrogens with zero attached hydrogens (tertiary/aromatic N) is 6. The zero-order valence-corrected chi connectivity index (χ0v) is 20.6. The number of rotatable bonds is 3. The molecule has 2 atom stereocenters. The largest absolute Gasteiger partial charge is 0.370 e. The van der Waals surface area contributed by atoms with Gasteiger partial charge in [-0.15, -0.1) is 0 Å². The molecule has 0 radical (unpaired) electrons. The first-order valence-corrected chi connectivity index (χ1v) is 12.1. The second-order valence-electron chi connectivity index (χ2n) is 9.04.